The molecule has 0 aliphatic carbocycles. The maximum atomic E-state index is 12.3. The Morgan fingerprint density at radius 3 is 2.71 bits per heavy atom. The second-order valence-corrected chi connectivity index (χ2v) is 5.85. The second kappa shape index (κ2) is 4.94. The summed E-state index contributed by atoms with van der Waals surface area (Å²) in [6, 6.07) is 0. The van der Waals surface area contributed by atoms with Crippen LogP contribution < -0.4 is 10.6 Å². The highest BCUT2D eigenvalue weighted by Crippen LogP contribution is 2.28. The van der Waals surface area contributed by atoms with Crippen LogP contribution in [0.2, 0.25) is 0 Å². The van der Waals surface area contributed by atoms with Gasteiger partial charge in [-0.2, -0.15) is 0 Å². The molecule has 2 rings (SSSR count). The zero-order valence-electron chi connectivity index (χ0n) is 11.0. The first-order valence-electron chi connectivity index (χ1n) is 6.71. The minimum Gasteiger partial charge on any atom is -0.380 e. The van der Waals surface area contributed by atoms with Gasteiger partial charge in [-0.15, -0.1) is 0 Å². The van der Waals surface area contributed by atoms with E-state index in [0.29, 0.717) is 0 Å². The van der Waals surface area contributed by atoms with Crippen LogP contribution in [0.1, 0.15) is 39.5 Å². The van der Waals surface area contributed by atoms with Crippen LogP contribution in [-0.4, -0.2) is 37.7 Å². The monoisotopic (exact) mass is 240 g/mol. The molecule has 0 aromatic heterocycles. The van der Waals surface area contributed by atoms with Gasteiger partial charge in [-0.25, -0.2) is 0 Å². The third kappa shape index (κ3) is 2.63. The summed E-state index contributed by atoms with van der Waals surface area (Å²) in [5, 5.41) is 6.51. The molecule has 0 saturated carbocycles. The van der Waals surface area contributed by atoms with Crippen molar-refractivity contribution in [2.24, 2.45) is 5.41 Å². The third-order valence-corrected chi connectivity index (χ3v) is 3.93. The zero-order chi connectivity index (χ0) is 12.4. The van der Waals surface area contributed by atoms with Crippen molar-refractivity contribution in [3.63, 3.8) is 0 Å². The molecule has 2 fully saturated rings. The van der Waals surface area contributed by atoms with E-state index in [9.17, 15) is 4.79 Å². The molecule has 4 nitrogen and oxygen atoms in total. The van der Waals surface area contributed by atoms with E-state index in [4.69, 9.17) is 4.74 Å². The summed E-state index contributed by atoms with van der Waals surface area (Å²) >= 11 is 0. The van der Waals surface area contributed by atoms with E-state index >= 15 is 0 Å². The molecule has 1 atom stereocenters. The van der Waals surface area contributed by atoms with Crippen molar-refractivity contribution in [2.45, 2.75) is 45.1 Å². The number of carbonyl (C=O) groups is 1. The topological polar surface area (TPSA) is 50.4 Å². The molecule has 2 heterocycles. The summed E-state index contributed by atoms with van der Waals surface area (Å²) in [7, 11) is 0. The van der Waals surface area contributed by atoms with Crippen molar-refractivity contribution in [3.05, 3.63) is 0 Å². The predicted molar refractivity (Wildman–Crippen MR) is 66.8 cm³/mol. The maximum Gasteiger partial charge on any atom is 0.240 e. The zero-order valence-corrected chi connectivity index (χ0v) is 11.0. The van der Waals surface area contributed by atoms with E-state index in [1.807, 2.05) is 0 Å². The van der Waals surface area contributed by atoms with E-state index in [1.165, 1.54) is 0 Å². The summed E-state index contributed by atoms with van der Waals surface area (Å²) in [4.78, 5) is 12.3. The van der Waals surface area contributed by atoms with Gasteiger partial charge in [0.2, 0.25) is 5.91 Å². The van der Waals surface area contributed by atoms with Crippen molar-refractivity contribution in [2.75, 3.05) is 26.3 Å². The number of rotatable bonds is 5. The van der Waals surface area contributed by atoms with E-state index < -0.39 is 0 Å². The lowest BCUT2D eigenvalue weighted by atomic mass is 9.87. The number of carbonyl (C=O) groups excluding carboxylic acids is 1. The van der Waals surface area contributed by atoms with Gasteiger partial charge in [0.15, 0.2) is 0 Å². The molecule has 1 unspecified atom stereocenters. The molecule has 2 N–H and O–H groups in total. The van der Waals surface area contributed by atoms with Gasteiger partial charge in [-0.3, -0.25) is 4.79 Å². The van der Waals surface area contributed by atoms with Gasteiger partial charge in [0.05, 0.1) is 18.8 Å². The van der Waals surface area contributed by atoms with Gasteiger partial charge in [-0.1, -0.05) is 20.3 Å². The van der Waals surface area contributed by atoms with Crippen LogP contribution in [0.25, 0.3) is 0 Å². The second-order valence-electron chi connectivity index (χ2n) is 5.85. The first-order valence-corrected chi connectivity index (χ1v) is 6.71. The summed E-state index contributed by atoms with van der Waals surface area (Å²) in [6.07, 6.45) is 4.06. The summed E-state index contributed by atoms with van der Waals surface area (Å²) in [5.74, 6) is 0.185. The average molecular weight is 240 g/mol. The molecule has 4 heteroatoms. The Kier molecular flexibility index (Phi) is 3.73. The molecule has 0 aromatic carbocycles. The Morgan fingerprint density at radius 1 is 1.47 bits per heavy atom. The largest absolute Gasteiger partial charge is 0.380 e. The highest BCUT2D eigenvalue weighted by Gasteiger charge is 2.41. The van der Waals surface area contributed by atoms with Crippen LogP contribution in [0.15, 0.2) is 0 Å². The first kappa shape index (κ1) is 12.8. The highest BCUT2D eigenvalue weighted by atomic mass is 16.5. The maximum absolute atomic E-state index is 12.3. The van der Waals surface area contributed by atoms with Gasteiger partial charge in [0.1, 0.15) is 0 Å². The van der Waals surface area contributed by atoms with E-state index in [2.05, 4.69) is 24.5 Å². The number of ether oxygens (including phenoxy) is 1. The molecule has 1 amide bonds. The van der Waals surface area contributed by atoms with Crippen LogP contribution in [0.3, 0.4) is 0 Å². The van der Waals surface area contributed by atoms with Crippen LogP contribution >= 0.6 is 0 Å². The molecule has 2 saturated heterocycles. The molecular formula is C13H24N2O2. The fourth-order valence-corrected chi connectivity index (χ4v) is 2.77. The Balaban J connectivity index is 1.88. The normalized spacial score (nSPS) is 30.9. The number of hydrogen-bond donors (Lipinski definition) is 2. The van der Waals surface area contributed by atoms with Crippen LogP contribution in [0.5, 0.6) is 0 Å². The van der Waals surface area contributed by atoms with Crippen molar-refractivity contribution >= 4 is 5.91 Å². The molecule has 2 aliphatic heterocycles. The number of nitrogens with one attached hydrogen (secondary N) is 2. The van der Waals surface area contributed by atoms with Gasteiger partial charge in [0, 0.05) is 12.0 Å². The molecule has 2 aliphatic rings. The summed E-state index contributed by atoms with van der Waals surface area (Å²) in [6.45, 7) is 7.53. The average Bonchev–Trinajstić information content (AvgIpc) is 2.73. The fraction of sp³-hybridized carbons (Fsp3) is 0.923. The Bertz CT molecular complexity index is 281. The molecule has 0 radical (unpaired) electrons. The predicted octanol–water partition coefficient (Wildman–Crippen LogP) is 1.06. The third-order valence-electron chi connectivity index (χ3n) is 3.93. The van der Waals surface area contributed by atoms with Crippen LogP contribution in [0.4, 0.5) is 0 Å². The van der Waals surface area contributed by atoms with Crippen LogP contribution in [0, 0.1) is 5.41 Å². The van der Waals surface area contributed by atoms with Gasteiger partial charge in [-0.05, 0) is 25.8 Å². The molecule has 98 valence electrons. The van der Waals surface area contributed by atoms with Gasteiger partial charge in [0.25, 0.3) is 0 Å². The summed E-state index contributed by atoms with van der Waals surface area (Å²) in [5.41, 5.74) is -0.141. The van der Waals surface area contributed by atoms with Crippen molar-refractivity contribution in [3.8, 4) is 0 Å². The van der Waals surface area contributed by atoms with Crippen molar-refractivity contribution in [1.82, 2.24) is 10.6 Å². The fourth-order valence-electron chi connectivity index (χ4n) is 2.77. The minimum absolute atomic E-state index is 0.154. The highest BCUT2D eigenvalue weighted by molar-refractivity contribution is 5.86. The van der Waals surface area contributed by atoms with Crippen LogP contribution in [-0.2, 0) is 9.53 Å². The van der Waals surface area contributed by atoms with E-state index in [-0.39, 0.29) is 16.9 Å². The standard InChI is InChI=1S/C13H24N2O2/c1-3-5-13(6-4-7-15-13)11(16)14-8-12(2)9-17-10-12/h15H,3-10H2,1-2H3,(H,14,16). The lowest BCUT2D eigenvalue weighted by Crippen LogP contribution is -2.57. The van der Waals surface area contributed by atoms with Crippen molar-refractivity contribution < 1.29 is 9.53 Å². The van der Waals surface area contributed by atoms with Gasteiger partial charge >= 0.3 is 0 Å². The molecule has 0 aromatic rings. The van der Waals surface area contributed by atoms with Gasteiger partial charge < -0.3 is 15.4 Å². The smallest absolute Gasteiger partial charge is 0.240 e. The quantitative estimate of drug-likeness (QED) is 0.755. The Hall–Kier alpha value is -0.610. The van der Waals surface area contributed by atoms with E-state index in [0.717, 1.165) is 52.0 Å². The lowest BCUT2D eigenvalue weighted by Gasteiger charge is -2.39. The molecule has 0 bridgehead atoms. The lowest BCUT2D eigenvalue weighted by molar-refractivity contribution is -0.132. The summed E-state index contributed by atoms with van der Waals surface area (Å²) < 4.78 is 5.20. The molecule has 17 heavy (non-hydrogen) atoms. The Morgan fingerprint density at radius 2 is 2.24 bits per heavy atom. The molecule has 0 spiro atoms. The van der Waals surface area contributed by atoms with E-state index in [1.54, 1.807) is 0 Å². The minimum atomic E-state index is -0.296. The number of amides is 1. The Labute approximate surface area is 103 Å². The number of hydrogen-bond acceptors (Lipinski definition) is 3. The first-order chi connectivity index (χ1) is 8.10. The van der Waals surface area contributed by atoms with Crippen molar-refractivity contribution in [1.29, 1.82) is 0 Å². The molecular weight excluding hydrogens is 216 g/mol. The SMILES string of the molecule is CCCC1(C(=O)NCC2(C)COC2)CCCN1.